The Kier molecular flexibility index (Phi) is 4.57. The lowest BCUT2D eigenvalue weighted by Crippen LogP contribution is -2.28. The van der Waals surface area contributed by atoms with E-state index in [9.17, 15) is 0 Å². The lowest BCUT2D eigenvalue weighted by Gasteiger charge is -2.26. The third-order valence-corrected chi connectivity index (χ3v) is 3.96. The van der Waals surface area contributed by atoms with Crippen molar-refractivity contribution >= 4 is 0 Å². The van der Waals surface area contributed by atoms with Gasteiger partial charge in [-0.1, -0.05) is 50.5 Å². The maximum absolute atomic E-state index is 5.63. The predicted molar refractivity (Wildman–Crippen MR) is 72.6 cm³/mol. The van der Waals surface area contributed by atoms with Crippen molar-refractivity contribution in [1.82, 2.24) is 5.43 Å². The van der Waals surface area contributed by atoms with Gasteiger partial charge in [0.1, 0.15) is 0 Å². The van der Waals surface area contributed by atoms with E-state index >= 15 is 0 Å². The first-order valence-corrected chi connectivity index (χ1v) is 6.91. The highest BCUT2D eigenvalue weighted by Gasteiger charge is 2.19. The van der Waals surface area contributed by atoms with E-state index in [4.69, 9.17) is 5.84 Å². The third kappa shape index (κ3) is 3.08. The monoisotopic (exact) mass is 232 g/mol. The summed E-state index contributed by atoms with van der Waals surface area (Å²) in [6.45, 7) is 2.22. The van der Waals surface area contributed by atoms with Crippen LogP contribution < -0.4 is 11.3 Å². The molecule has 0 aromatic heterocycles. The van der Waals surface area contributed by atoms with Gasteiger partial charge in [-0.05, 0) is 36.3 Å². The molecule has 0 bridgehead atoms. The predicted octanol–water partition coefficient (Wildman–Crippen LogP) is 3.65. The summed E-state index contributed by atoms with van der Waals surface area (Å²) in [7, 11) is 0. The van der Waals surface area contributed by atoms with Crippen molar-refractivity contribution < 1.29 is 0 Å². The molecule has 3 N–H and O–H groups in total. The normalized spacial score (nSPS) is 17.8. The van der Waals surface area contributed by atoms with Crippen molar-refractivity contribution in [2.45, 2.75) is 57.4 Å². The van der Waals surface area contributed by atoms with Crippen LogP contribution in [0.1, 0.15) is 68.5 Å². The SMILES string of the molecule is CCCCC(NN)c1ccc(C2CCC2)cc1. The lowest BCUT2D eigenvalue weighted by atomic mass is 9.80. The first-order valence-electron chi connectivity index (χ1n) is 6.91. The number of benzene rings is 1. The Balaban J connectivity index is 1.99. The number of unbranched alkanes of at least 4 members (excludes halogenated alkanes) is 1. The van der Waals surface area contributed by atoms with Crippen LogP contribution in [0.15, 0.2) is 24.3 Å². The standard InChI is InChI=1S/C15H24N2/c1-2-3-7-15(17-16)14-10-8-13(9-11-14)12-5-4-6-12/h8-12,15,17H,2-7,16H2,1H3. The zero-order chi connectivity index (χ0) is 12.1. The number of hydrogen-bond acceptors (Lipinski definition) is 2. The minimum Gasteiger partial charge on any atom is -0.271 e. The molecule has 2 nitrogen and oxygen atoms in total. The molecule has 17 heavy (non-hydrogen) atoms. The molecule has 1 aromatic rings. The molecule has 0 heterocycles. The Morgan fingerprint density at radius 2 is 2.00 bits per heavy atom. The molecule has 1 aliphatic carbocycles. The van der Waals surface area contributed by atoms with Crippen molar-refractivity contribution in [1.29, 1.82) is 0 Å². The van der Waals surface area contributed by atoms with Crippen LogP contribution in [0.4, 0.5) is 0 Å². The maximum Gasteiger partial charge on any atom is 0.0460 e. The molecule has 1 aromatic carbocycles. The first-order chi connectivity index (χ1) is 8.35. The maximum atomic E-state index is 5.63. The molecule has 94 valence electrons. The van der Waals surface area contributed by atoms with E-state index in [-0.39, 0.29) is 0 Å². The summed E-state index contributed by atoms with van der Waals surface area (Å²) in [5, 5.41) is 0. The van der Waals surface area contributed by atoms with Crippen LogP contribution in [-0.2, 0) is 0 Å². The van der Waals surface area contributed by atoms with Crippen LogP contribution in [0, 0.1) is 0 Å². The van der Waals surface area contributed by atoms with Crippen LogP contribution in [0.25, 0.3) is 0 Å². The topological polar surface area (TPSA) is 38.0 Å². The van der Waals surface area contributed by atoms with Crippen LogP contribution in [-0.4, -0.2) is 0 Å². The molecule has 0 saturated heterocycles. The average Bonchev–Trinajstić information content (AvgIpc) is 2.30. The molecule has 0 radical (unpaired) electrons. The summed E-state index contributed by atoms with van der Waals surface area (Å²) >= 11 is 0. The van der Waals surface area contributed by atoms with Crippen molar-refractivity contribution in [3.63, 3.8) is 0 Å². The fourth-order valence-electron chi connectivity index (χ4n) is 2.50. The summed E-state index contributed by atoms with van der Waals surface area (Å²) in [4.78, 5) is 0. The van der Waals surface area contributed by atoms with Crippen LogP contribution in [0.5, 0.6) is 0 Å². The van der Waals surface area contributed by atoms with Crippen LogP contribution in [0.3, 0.4) is 0 Å². The molecule has 1 unspecified atom stereocenters. The van der Waals surface area contributed by atoms with Crippen LogP contribution in [0.2, 0.25) is 0 Å². The average molecular weight is 232 g/mol. The quantitative estimate of drug-likeness (QED) is 0.580. The highest BCUT2D eigenvalue weighted by molar-refractivity contribution is 5.28. The fraction of sp³-hybridized carbons (Fsp3) is 0.600. The second-order valence-electron chi connectivity index (χ2n) is 5.16. The van der Waals surface area contributed by atoms with Crippen LogP contribution >= 0.6 is 0 Å². The van der Waals surface area contributed by atoms with Gasteiger partial charge in [-0.15, -0.1) is 0 Å². The van der Waals surface area contributed by atoms with Gasteiger partial charge in [-0.25, -0.2) is 0 Å². The number of hydrogen-bond donors (Lipinski definition) is 2. The van der Waals surface area contributed by atoms with E-state index in [1.54, 1.807) is 0 Å². The molecule has 2 heteroatoms. The van der Waals surface area contributed by atoms with Crippen molar-refractivity contribution in [2.24, 2.45) is 5.84 Å². The largest absolute Gasteiger partial charge is 0.271 e. The summed E-state index contributed by atoms with van der Waals surface area (Å²) in [5.41, 5.74) is 5.76. The Morgan fingerprint density at radius 1 is 1.29 bits per heavy atom. The van der Waals surface area contributed by atoms with Gasteiger partial charge in [0.2, 0.25) is 0 Å². The summed E-state index contributed by atoms with van der Waals surface area (Å²) in [6, 6.07) is 9.37. The molecule has 1 atom stereocenters. The highest BCUT2D eigenvalue weighted by Crippen LogP contribution is 2.36. The van der Waals surface area contributed by atoms with Crippen molar-refractivity contribution in [3.8, 4) is 0 Å². The van der Waals surface area contributed by atoms with Crippen molar-refractivity contribution in [2.75, 3.05) is 0 Å². The van der Waals surface area contributed by atoms with Gasteiger partial charge in [0.25, 0.3) is 0 Å². The summed E-state index contributed by atoms with van der Waals surface area (Å²) < 4.78 is 0. The zero-order valence-electron chi connectivity index (χ0n) is 10.8. The van der Waals surface area contributed by atoms with E-state index in [2.05, 4.69) is 36.6 Å². The molecule has 0 aliphatic heterocycles. The molecule has 0 spiro atoms. The van der Waals surface area contributed by atoms with Gasteiger partial charge in [-0.3, -0.25) is 11.3 Å². The molecule has 0 amide bonds. The molecule has 1 saturated carbocycles. The Hall–Kier alpha value is -0.860. The van der Waals surface area contributed by atoms with E-state index in [1.807, 2.05) is 0 Å². The van der Waals surface area contributed by atoms with E-state index in [0.717, 1.165) is 12.3 Å². The van der Waals surface area contributed by atoms with E-state index in [0.29, 0.717) is 6.04 Å². The molecular formula is C15H24N2. The Labute approximate surface area is 105 Å². The van der Waals surface area contributed by atoms with Gasteiger partial charge in [-0.2, -0.15) is 0 Å². The first kappa shape index (κ1) is 12.6. The van der Waals surface area contributed by atoms with Gasteiger partial charge in [0, 0.05) is 6.04 Å². The Bertz CT molecular complexity index is 327. The number of nitrogens with one attached hydrogen (secondary N) is 1. The van der Waals surface area contributed by atoms with Gasteiger partial charge in [0.05, 0.1) is 0 Å². The third-order valence-electron chi connectivity index (χ3n) is 3.96. The second-order valence-corrected chi connectivity index (χ2v) is 5.16. The van der Waals surface area contributed by atoms with Gasteiger partial charge >= 0.3 is 0 Å². The zero-order valence-corrected chi connectivity index (χ0v) is 10.8. The summed E-state index contributed by atoms with van der Waals surface area (Å²) in [5.74, 6) is 6.45. The minimum atomic E-state index is 0.311. The Morgan fingerprint density at radius 3 is 2.47 bits per heavy atom. The smallest absolute Gasteiger partial charge is 0.0460 e. The molecular weight excluding hydrogens is 208 g/mol. The number of rotatable bonds is 6. The minimum absolute atomic E-state index is 0.311. The van der Waals surface area contributed by atoms with Crippen molar-refractivity contribution in [3.05, 3.63) is 35.4 Å². The van der Waals surface area contributed by atoms with E-state index in [1.165, 1.54) is 43.2 Å². The number of hydrazine groups is 1. The molecule has 1 aliphatic rings. The van der Waals surface area contributed by atoms with E-state index < -0.39 is 0 Å². The second kappa shape index (κ2) is 6.18. The molecule has 1 fully saturated rings. The summed E-state index contributed by atoms with van der Waals surface area (Å²) in [6.07, 6.45) is 7.70. The van der Waals surface area contributed by atoms with Gasteiger partial charge < -0.3 is 0 Å². The van der Waals surface area contributed by atoms with Gasteiger partial charge in [0.15, 0.2) is 0 Å². The lowest BCUT2D eigenvalue weighted by molar-refractivity contribution is 0.419. The number of nitrogens with two attached hydrogens (primary N) is 1. The fourth-order valence-corrected chi connectivity index (χ4v) is 2.50. The highest BCUT2D eigenvalue weighted by atomic mass is 15.2. The molecule has 2 rings (SSSR count).